The van der Waals surface area contributed by atoms with Gasteiger partial charge < -0.3 is 4.74 Å². The Morgan fingerprint density at radius 1 is 1.03 bits per heavy atom. The van der Waals surface area contributed by atoms with Gasteiger partial charge in [-0.25, -0.2) is 0 Å². The highest BCUT2D eigenvalue weighted by Gasteiger charge is 2.37. The van der Waals surface area contributed by atoms with Gasteiger partial charge in [-0.1, -0.05) is 51.0 Å². The zero-order valence-electron chi connectivity index (χ0n) is 18.2. The molecule has 0 atom stereocenters. The van der Waals surface area contributed by atoms with E-state index in [9.17, 15) is 0 Å². The number of ether oxygens (including phenoxy) is 1. The molecule has 1 saturated carbocycles. The second-order valence-corrected chi connectivity index (χ2v) is 9.25. The molecule has 0 unspecified atom stereocenters. The minimum absolute atomic E-state index is 0.561. The van der Waals surface area contributed by atoms with Crippen LogP contribution in [0.4, 0.5) is 0 Å². The molecule has 2 nitrogen and oxygen atoms in total. The number of pyridine rings is 1. The van der Waals surface area contributed by atoms with Gasteiger partial charge >= 0.3 is 0 Å². The fourth-order valence-electron chi connectivity index (χ4n) is 5.81. The summed E-state index contributed by atoms with van der Waals surface area (Å²) in [6.07, 6.45) is 10.1. The van der Waals surface area contributed by atoms with Gasteiger partial charge in [-0.3, -0.25) is 0 Å². The Hall–Kier alpha value is -2.35. The molecule has 2 heteroatoms. The van der Waals surface area contributed by atoms with Crippen LogP contribution in [0.15, 0.2) is 42.6 Å². The van der Waals surface area contributed by atoms with Crippen LogP contribution in [0.2, 0.25) is 0 Å². The van der Waals surface area contributed by atoms with E-state index in [0.29, 0.717) is 11.3 Å². The summed E-state index contributed by atoms with van der Waals surface area (Å²) in [7, 11) is 2.15. The Morgan fingerprint density at radius 3 is 2.52 bits per heavy atom. The first-order chi connectivity index (χ1) is 14.1. The smallest absolute Gasteiger partial charge is 0.256 e. The van der Waals surface area contributed by atoms with Gasteiger partial charge in [-0.2, -0.15) is 4.57 Å². The van der Waals surface area contributed by atoms with Crippen LogP contribution in [0, 0.1) is 12.3 Å². The maximum Gasteiger partial charge on any atom is 0.256 e. The number of aryl methyl sites for hydroxylation is 2. The molecular weight excluding hydrogens is 354 g/mol. The lowest BCUT2D eigenvalue weighted by Crippen LogP contribution is -2.33. The van der Waals surface area contributed by atoms with Crippen molar-refractivity contribution in [1.29, 1.82) is 0 Å². The monoisotopic (exact) mass is 386 g/mol. The molecule has 150 valence electrons. The number of nitrogens with zero attached hydrogens (tertiary/aromatic N) is 1. The van der Waals surface area contributed by atoms with Crippen molar-refractivity contribution in [3.8, 4) is 22.8 Å². The van der Waals surface area contributed by atoms with E-state index in [1.807, 2.05) is 0 Å². The first-order valence-corrected chi connectivity index (χ1v) is 11.3. The molecular formula is C27H32NO+. The molecule has 29 heavy (non-hydrogen) atoms. The highest BCUT2D eigenvalue weighted by atomic mass is 16.5. The first-order valence-electron chi connectivity index (χ1n) is 11.3. The third kappa shape index (κ3) is 2.79. The lowest BCUT2D eigenvalue weighted by molar-refractivity contribution is -0.660. The molecule has 1 aromatic heterocycles. The minimum atomic E-state index is 0.561. The van der Waals surface area contributed by atoms with Crippen LogP contribution in [0.25, 0.3) is 22.0 Å². The molecule has 3 aromatic rings. The fraction of sp³-hybridized carbons (Fsp3) is 0.444. The number of rotatable bonds is 3. The van der Waals surface area contributed by atoms with Crippen molar-refractivity contribution < 1.29 is 9.30 Å². The Kier molecular flexibility index (Phi) is 4.42. The SMILES string of the molecule is CCC1(CC)CCC(c2cc[n+](C)c3c2Oc2cccc4ccc(C)c-3c24)CC1. The molecule has 1 fully saturated rings. The molecule has 1 aliphatic carbocycles. The second-order valence-electron chi connectivity index (χ2n) is 9.25. The van der Waals surface area contributed by atoms with Crippen molar-refractivity contribution in [2.75, 3.05) is 0 Å². The molecule has 2 aromatic carbocycles. The van der Waals surface area contributed by atoms with Crippen molar-refractivity contribution in [3.05, 3.63) is 53.7 Å². The van der Waals surface area contributed by atoms with E-state index >= 15 is 0 Å². The molecule has 2 heterocycles. The molecule has 0 amide bonds. The van der Waals surface area contributed by atoms with Crippen molar-refractivity contribution in [2.24, 2.45) is 12.5 Å². The summed E-state index contributed by atoms with van der Waals surface area (Å²) in [4.78, 5) is 0. The maximum atomic E-state index is 6.65. The third-order valence-corrected chi connectivity index (χ3v) is 7.96. The standard InChI is InChI=1S/C27H32NO/c1-5-27(6-2)15-12-19(13-16-27)21-14-17-28(4)25-23-18(3)10-11-20-8-7-9-22(24(20)23)29-26(21)25/h7-11,14,17,19H,5-6,12-13,15-16H2,1-4H3/q+1. The maximum absolute atomic E-state index is 6.65. The number of aromatic nitrogens is 1. The van der Waals surface area contributed by atoms with E-state index < -0.39 is 0 Å². The summed E-state index contributed by atoms with van der Waals surface area (Å²) in [6, 6.07) is 13.2. The number of benzene rings is 2. The average molecular weight is 387 g/mol. The van der Waals surface area contributed by atoms with Crippen LogP contribution >= 0.6 is 0 Å². The van der Waals surface area contributed by atoms with Crippen molar-refractivity contribution in [3.63, 3.8) is 0 Å². The zero-order valence-corrected chi connectivity index (χ0v) is 18.2. The molecule has 0 N–H and O–H groups in total. The fourth-order valence-corrected chi connectivity index (χ4v) is 5.81. The molecule has 0 spiro atoms. The van der Waals surface area contributed by atoms with E-state index in [-0.39, 0.29) is 0 Å². The summed E-state index contributed by atoms with van der Waals surface area (Å²) in [5.41, 5.74) is 5.88. The minimum Gasteiger partial charge on any atom is -0.449 e. The van der Waals surface area contributed by atoms with Gasteiger partial charge in [-0.05, 0) is 61.0 Å². The lowest BCUT2D eigenvalue weighted by atomic mass is 9.66. The molecule has 5 rings (SSSR count). The number of hydrogen-bond donors (Lipinski definition) is 0. The summed E-state index contributed by atoms with van der Waals surface area (Å²) < 4.78 is 8.91. The summed E-state index contributed by atoms with van der Waals surface area (Å²) in [5.74, 6) is 2.70. The third-order valence-electron chi connectivity index (χ3n) is 7.96. The van der Waals surface area contributed by atoms with E-state index in [1.54, 1.807) is 0 Å². The van der Waals surface area contributed by atoms with E-state index in [0.717, 1.165) is 11.5 Å². The summed E-state index contributed by atoms with van der Waals surface area (Å²) in [6.45, 7) is 6.97. The van der Waals surface area contributed by atoms with Crippen LogP contribution in [0.5, 0.6) is 11.5 Å². The van der Waals surface area contributed by atoms with Gasteiger partial charge in [0.1, 0.15) is 12.8 Å². The van der Waals surface area contributed by atoms with Crippen LogP contribution < -0.4 is 9.30 Å². The zero-order chi connectivity index (χ0) is 20.2. The van der Waals surface area contributed by atoms with Gasteiger partial charge in [0.15, 0.2) is 6.20 Å². The largest absolute Gasteiger partial charge is 0.449 e. The van der Waals surface area contributed by atoms with Crippen LogP contribution in [0.3, 0.4) is 0 Å². The van der Waals surface area contributed by atoms with Gasteiger partial charge in [0, 0.05) is 17.0 Å². The Morgan fingerprint density at radius 2 is 1.79 bits per heavy atom. The highest BCUT2D eigenvalue weighted by Crippen LogP contribution is 2.53. The van der Waals surface area contributed by atoms with Gasteiger partial charge in [0.25, 0.3) is 5.69 Å². The van der Waals surface area contributed by atoms with Gasteiger partial charge in [-0.15, -0.1) is 0 Å². The molecule has 2 aliphatic rings. The number of hydrogen-bond acceptors (Lipinski definition) is 1. The topological polar surface area (TPSA) is 13.1 Å². The Labute approximate surface area is 174 Å². The second kappa shape index (κ2) is 6.86. The predicted molar refractivity (Wildman–Crippen MR) is 120 cm³/mol. The Balaban J connectivity index is 1.64. The van der Waals surface area contributed by atoms with E-state index in [2.05, 4.69) is 75.0 Å². The number of fused-ring (bicyclic) bond motifs is 2. The first kappa shape index (κ1) is 18.7. The van der Waals surface area contributed by atoms with Crippen molar-refractivity contribution >= 4 is 10.8 Å². The van der Waals surface area contributed by atoms with Crippen molar-refractivity contribution in [1.82, 2.24) is 0 Å². The molecule has 1 aliphatic heterocycles. The summed E-state index contributed by atoms with van der Waals surface area (Å²) in [5, 5.41) is 2.51. The predicted octanol–water partition coefficient (Wildman–Crippen LogP) is 7.21. The van der Waals surface area contributed by atoms with Crippen LogP contribution in [0.1, 0.15) is 69.4 Å². The molecule has 0 saturated heterocycles. The van der Waals surface area contributed by atoms with E-state index in [1.165, 1.54) is 71.7 Å². The van der Waals surface area contributed by atoms with Crippen LogP contribution in [-0.2, 0) is 7.05 Å². The van der Waals surface area contributed by atoms with Crippen LogP contribution in [-0.4, -0.2) is 0 Å². The quantitative estimate of drug-likeness (QED) is 0.339. The van der Waals surface area contributed by atoms with E-state index in [4.69, 9.17) is 4.74 Å². The summed E-state index contributed by atoms with van der Waals surface area (Å²) >= 11 is 0. The normalized spacial score (nSPS) is 17.8. The average Bonchev–Trinajstić information content (AvgIpc) is 2.76. The lowest BCUT2D eigenvalue weighted by Gasteiger charge is -2.39. The van der Waals surface area contributed by atoms with Crippen molar-refractivity contribution in [2.45, 2.75) is 65.2 Å². The highest BCUT2D eigenvalue weighted by molar-refractivity contribution is 6.04. The van der Waals surface area contributed by atoms with Gasteiger partial charge in [0.2, 0.25) is 5.75 Å². The molecule has 0 bridgehead atoms. The molecule has 0 radical (unpaired) electrons. The Bertz CT molecular complexity index is 1080. The van der Waals surface area contributed by atoms with Gasteiger partial charge in [0.05, 0.1) is 5.56 Å².